The van der Waals surface area contributed by atoms with Gasteiger partial charge in [-0.25, -0.2) is 4.79 Å². The van der Waals surface area contributed by atoms with E-state index in [1.165, 1.54) is 13.1 Å². The van der Waals surface area contributed by atoms with Crippen molar-refractivity contribution in [3.63, 3.8) is 0 Å². The molecule has 1 atom stereocenters. The summed E-state index contributed by atoms with van der Waals surface area (Å²) in [4.78, 5) is 37.0. The predicted molar refractivity (Wildman–Crippen MR) is 100 cm³/mol. The summed E-state index contributed by atoms with van der Waals surface area (Å²) in [5.41, 5.74) is 0.743. The minimum atomic E-state index is -0.560. The molecule has 7 nitrogen and oxygen atoms in total. The summed E-state index contributed by atoms with van der Waals surface area (Å²) in [5, 5.41) is 7.60. The third kappa shape index (κ3) is 4.50. The number of ketones is 1. The summed E-state index contributed by atoms with van der Waals surface area (Å²) < 4.78 is 6.63. The molecule has 2 rings (SSSR count). The fourth-order valence-corrected chi connectivity index (χ4v) is 3.67. The predicted octanol–water partition coefficient (Wildman–Crippen LogP) is 3.56. The number of carbonyl (C=O) groups excluding carboxylic acids is 3. The Labute approximate surface area is 160 Å². The first-order valence-corrected chi connectivity index (χ1v) is 9.24. The Kier molecular flexibility index (Phi) is 6.55. The van der Waals surface area contributed by atoms with Crippen LogP contribution in [0.1, 0.15) is 46.4 Å². The molecule has 1 N–H and O–H groups in total. The zero-order valence-electron chi connectivity index (χ0n) is 15.0. The van der Waals surface area contributed by atoms with Crippen LogP contribution in [0, 0.1) is 12.8 Å². The number of nitrogens with zero attached hydrogens (tertiary/aromatic N) is 2. The number of nitrogens with one attached hydrogen (secondary N) is 1. The molecule has 140 valence electrons. The van der Waals surface area contributed by atoms with E-state index < -0.39 is 11.9 Å². The van der Waals surface area contributed by atoms with Crippen molar-refractivity contribution in [2.75, 3.05) is 11.9 Å². The molecule has 0 aromatic carbocycles. The molecule has 2 heterocycles. The molecule has 0 radical (unpaired) electrons. The van der Waals surface area contributed by atoms with Crippen LogP contribution in [0.15, 0.2) is 12.4 Å². The van der Waals surface area contributed by atoms with Crippen molar-refractivity contribution in [2.45, 2.75) is 34.2 Å². The van der Waals surface area contributed by atoms with Crippen LogP contribution < -0.4 is 5.32 Å². The van der Waals surface area contributed by atoms with Gasteiger partial charge < -0.3 is 10.1 Å². The van der Waals surface area contributed by atoms with E-state index in [2.05, 4.69) is 10.4 Å². The van der Waals surface area contributed by atoms with E-state index in [-0.39, 0.29) is 23.9 Å². The molecule has 0 aliphatic carbocycles. The average Bonchev–Trinajstić information content (AvgIpc) is 3.10. The SMILES string of the molecule is CCOC(=O)c1c(NC(=O)C(C)Cn2cc(Cl)cn2)sc(C(C)=O)c1C. The Hall–Kier alpha value is -2.19. The van der Waals surface area contributed by atoms with Crippen molar-refractivity contribution < 1.29 is 19.1 Å². The molecule has 2 aromatic heterocycles. The molecular formula is C17H20ClN3O4S. The fourth-order valence-electron chi connectivity index (χ4n) is 2.42. The maximum Gasteiger partial charge on any atom is 0.341 e. The fraction of sp³-hybridized carbons (Fsp3) is 0.412. The maximum atomic E-state index is 12.5. The quantitative estimate of drug-likeness (QED) is 0.569. The lowest BCUT2D eigenvalue weighted by atomic mass is 10.1. The van der Waals surface area contributed by atoms with Crippen molar-refractivity contribution in [1.82, 2.24) is 9.78 Å². The number of rotatable bonds is 7. The van der Waals surface area contributed by atoms with Crippen LogP contribution in [0.2, 0.25) is 5.02 Å². The van der Waals surface area contributed by atoms with Crippen molar-refractivity contribution in [3.05, 3.63) is 33.4 Å². The molecular weight excluding hydrogens is 378 g/mol. The van der Waals surface area contributed by atoms with Gasteiger partial charge >= 0.3 is 5.97 Å². The van der Waals surface area contributed by atoms with E-state index in [9.17, 15) is 14.4 Å². The van der Waals surface area contributed by atoms with Gasteiger partial charge in [-0.05, 0) is 26.3 Å². The number of ether oxygens (including phenoxy) is 1. The van der Waals surface area contributed by atoms with Crippen LogP contribution in [0.3, 0.4) is 0 Å². The van der Waals surface area contributed by atoms with Gasteiger partial charge in [0.1, 0.15) is 5.00 Å². The highest BCUT2D eigenvalue weighted by Crippen LogP contribution is 2.34. The number of halogens is 1. The van der Waals surface area contributed by atoms with Crippen molar-refractivity contribution in [1.29, 1.82) is 0 Å². The normalized spacial score (nSPS) is 11.9. The molecule has 26 heavy (non-hydrogen) atoms. The monoisotopic (exact) mass is 397 g/mol. The first-order chi connectivity index (χ1) is 12.2. The lowest BCUT2D eigenvalue weighted by molar-refractivity contribution is -0.119. The maximum absolute atomic E-state index is 12.5. The Morgan fingerprint density at radius 1 is 1.42 bits per heavy atom. The lowest BCUT2D eigenvalue weighted by Gasteiger charge is -2.12. The van der Waals surface area contributed by atoms with E-state index in [4.69, 9.17) is 16.3 Å². The molecule has 0 aliphatic heterocycles. The van der Waals surface area contributed by atoms with E-state index >= 15 is 0 Å². The molecule has 0 bridgehead atoms. The molecule has 0 saturated heterocycles. The van der Waals surface area contributed by atoms with Gasteiger partial charge in [0, 0.05) is 6.20 Å². The van der Waals surface area contributed by atoms with Crippen LogP contribution in [-0.2, 0) is 16.1 Å². The van der Waals surface area contributed by atoms with E-state index in [0.717, 1.165) is 11.3 Å². The number of Topliss-reactive ketones (excluding diaryl/α,β-unsaturated/α-hetero) is 1. The zero-order chi connectivity index (χ0) is 19.4. The summed E-state index contributed by atoms with van der Waals surface area (Å²) in [5.74, 6) is -1.45. The van der Waals surface area contributed by atoms with Gasteiger partial charge in [-0.2, -0.15) is 5.10 Å². The lowest BCUT2D eigenvalue weighted by Crippen LogP contribution is -2.25. The molecule has 2 aromatic rings. The Morgan fingerprint density at radius 3 is 2.65 bits per heavy atom. The van der Waals surface area contributed by atoms with Gasteiger partial charge in [0.05, 0.1) is 40.7 Å². The highest BCUT2D eigenvalue weighted by molar-refractivity contribution is 7.18. The van der Waals surface area contributed by atoms with Gasteiger partial charge in [0.15, 0.2) is 5.78 Å². The van der Waals surface area contributed by atoms with Gasteiger partial charge in [-0.15, -0.1) is 11.3 Å². The molecule has 0 fully saturated rings. The van der Waals surface area contributed by atoms with Crippen LogP contribution in [0.4, 0.5) is 5.00 Å². The molecule has 1 amide bonds. The summed E-state index contributed by atoms with van der Waals surface area (Å²) in [6.45, 7) is 7.06. The van der Waals surface area contributed by atoms with Crippen molar-refractivity contribution >= 4 is 45.6 Å². The number of aromatic nitrogens is 2. The van der Waals surface area contributed by atoms with Crippen LogP contribution in [0.25, 0.3) is 0 Å². The van der Waals surface area contributed by atoms with Crippen LogP contribution in [-0.4, -0.2) is 34.0 Å². The van der Waals surface area contributed by atoms with Crippen LogP contribution in [0.5, 0.6) is 0 Å². The van der Waals surface area contributed by atoms with Crippen molar-refractivity contribution in [2.24, 2.45) is 5.92 Å². The molecule has 1 unspecified atom stereocenters. The van der Waals surface area contributed by atoms with Gasteiger partial charge in [0.2, 0.25) is 5.91 Å². The van der Waals surface area contributed by atoms with Gasteiger partial charge in [0.25, 0.3) is 0 Å². The number of hydrogen-bond donors (Lipinski definition) is 1. The number of carbonyl (C=O) groups is 3. The first kappa shape index (κ1) is 20.1. The smallest absolute Gasteiger partial charge is 0.341 e. The molecule has 9 heteroatoms. The Bertz CT molecular complexity index is 843. The second-order valence-electron chi connectivity index (χ2n) is 5.81. The molecule has 0 saturated carbocycles. The topological polar surface area (TPSA) is 90.3 Å². The average molecular weight is 398 g/mol. The minimum absolute atomic E-state index is 0.169. The van der Waals surface area contributed by atoms with E-state index in [1.807, 2.05) is 0 Å². The van der Waals surface area contributed by atoms with E-state index in [1.54, 1.807) is 31.6 Å². The number of hydrogen-bond acceptors (Lipinski definition) is 6. The Morgan fingerprint density at radius 2 is 2.12 bits per heavy atom. The second-order valence-corrected chi connectivity index (χ2v) is 7.26. The summed E-state index contributed by atoms with van der Waals surface area (Å²) in [7, 11) is 0. The molecule has 0 aliphatic rings. The largest absolute Gasteiger partial charge is 0.462 e. The number of anilines is 1. The number of esters is 1. The number of amides is 1. The third-order valence-electron chi connectivity index (χ3n) is 3.69. The first-order valence-electron chi connectivity index (χ1n) is 8.04. The standard InChI is InChI=1S/C17H20ClN3O4S/c1-5-25-17(24)13-10(3)14(11(4)22)26-16(13)20-15(23)9(2)7-21-8-12(18)6-19-21/h6,8-9H,5,7H2,1-4H3,(H,20,23). The van der Waals surface area contributed by atoms with E-state index in [0.29, 0.717) is 27.0 Å². The van der Waals surface area contributed by atoms with Gasteiger partial charge in [-0.1, -0.05) is 18.5 Å². The highest BCUT2D eigenvalue weighted by Gasteiger charge is 2.26. The summed E-state index contributed by atoms with van der Waals surface area (Å²) in [6.07, 6.45) is 3.12. The number of thiophene rings is 1. The highest BCUT2D eigenvalue weighted by atomic mass is 35.5. The second kappa shape index (κ2) is 8.46. The zero-order valence-corrected chi connectivity index (χ0v) is 16.5. The van der Waals surface area contributed by atoms with Gasteiger partial charge in [-0.3, -0.25) is 14.3 Å². The third-order valence-corrected chi connectivity index (χ3v) is 5.20. The van der Waals surface area contributed by atoms with Crippen LogP contribution >= 0.6 is 22.9 Å². The summed E-state index contributed by atoms with van der Waals surface area (Å²) >= 11 is 6.90. The summed E-state index contributed by atoms with van der Waals surface area (Å²) in [6, 6.07) is 0. The Balaban J connectivity index is 2.23. The molecule has 0 spiro atoms. The minimum Gasteiger partial charge on any atom is -0.462 e. The van der Waals surface area contributed by atoms with Crippen molar-refractivity contribution in [3.8, 4) is 0 Å².